The van der Waals surface area contributed by atoms with Crippen LogP contribution in [0.5, 0.6) is 0 Å². The molecule has 0 aromatic heterocycles. The van der Waals surface area contributed by atoms with Crippen LogP contribution in [0.4, 0.5) is 0 Å². The molecular weight excluding hydrogens is 249 g/mol. The number of nitrogens with zero attached hydrogens (tertiary/aromatic N) is 2. The molecule has 1 rings (SSSR count). The molecule has 1 atom stereocenters. The van der Waals surface area contributed by atoms with Crippen LogP contribution in [0.25, 0.3) is 0 Å². The third kappa shape index (κ3) is 6.89. The fraction of sp³-hybridized carbons (Fsp3) is 1.00. The molecule has 1 saturated heterocycles. The molecule has 4 nitrogen and oxygen atoms in total. The molecule has 1 unspecified atom stereocenters. The maximum absolute atomic E-state index is 5.38. The summed E-state index contributed by atoms with van der Waals surface area (Å²) < 4.78 is 5.38. The number of likely N-dealkylation sites (N-methyl/N-ethyl adjacent to an activating group) is 1. The zero-order valence-electron chi connectivity index (χ0n) is 10.2. The number of nitrogens with two attached hydrogens (primary N) is 1. The SMILES string of the molecule is CC1CN(C)CCN1CCOCCN.Cl.Cl. The lowest BCUT2D eigenvalue weighted by molar-refractivity contribution is 0.0566. The Kier molecular flexibility index (Phi) is 12.4. The summed E-state index contributed by atoms with van der Waals surface area (Å²) in [5.41, 5.74) is 5.35. The van der Waals surface area contributed by atoms with Gasteiger partial charge in [-0.1, -0.05) is 0 Å². The second-order valence-electron chi connectivity index (χ2n) is 4.05. The van der Waals surface area contributed by atoms with Crippen molar-refractivity contribution >= 4 is 24.8 Å². The highest BCUT2D eigenvalue weighted by Gasteiger charge is 2.20. The van der Waals surface area contributed by atoms with E-state index in [0.717, 1.165) is 26.2 Å². The molecule has 2 N–H and O–H groups in total. The standard InChI is InChI=1S/C10H23N3O.2ClH/c1-10-9-12(2)4-5-13(10)6-8-14-7-3-11;;/h10H,3-9,11H2,1-2H3;2*1H. The van der Waals surface area contributed by atoms with Crippen LogP contribution >= 0.6 is 24.8 Å². The van der Waals surface area contributed by atoms with E-state index in [2.05, 4.69) is 23.8 Å². The predicted molar refractivity (Wildman–Crippen MR) is 72.9 cm³/mol. The highest BCUT2D eigenvalue weighted by Crippen LogP contribution is 2.06. The van der Waals surface area contributed by atoms with E-state index in [1.54, 1.807) is 0 Å². The molecule has 16 heavy (non-hydrogen) atoms. The molecule has 0 saturated carbocycles. The average molecular weight is 274 g/mol. The molecule has 0 radical (unpaired) electrons. The van der Waals surface area contributed by atoms with E-state index in [-0.39, 0.29) is 24.8 Å². The first-order chi connectivity index (χ1) is 6.74. The summed E-state index contributed by atoms with van der Waals surface area (Å²) in [5.74, 6) is 0. The monoisotopic (exact) mass is 273 g/mol. The molecule has 0 aliphatic carbocycles. The van der Waals surface area contributed by atoms with Crippen molar-refractivity contribution < 1.29 is 4.74 Å². The summed E-state index contributed by atoms with van der Waals surface area (Å²) >= 11 is 0. The molecule has 100 valence electrons. The van der Waals surface area contributed by atoms with Crippen LogP contribution in [-0.2, 0) is 4.74 Å². The van der Waals surface area contributed by atoms with Crippen molar-refractivity contribution in [2.45, 2.75) is 13.0 Å². The number of halogens is 2. The highest BCUT2D eigenvalue weighted by atomic mass is 35.5. The van der Waals surface area contributed by atoms with Gasteiger partial charge in [0.25, 0.3) is 0 Å². The second-order valence-corrected chi connectivity index (χ2v) is 4.05. The third-order valence-electron chi connectivity index (χ3n) is 2.75. The molecule has 0 aromatic rings. The minimum Gasteiger partial charge on any atom is -0.379 e. The minimum absolute atomic E-state index is 0. The van der Waals surface area contributed by atoms with E-state index in [1.165, 1.54) is 6.54 Å². The van der Waals surface area contributed by atoms with E-state index in [4.69, 9.17) is 10.5 Å². The van der Waals surface area contributed by atoms with E-state index in [1.807, 2.05) is 0 Å². The van der Waals surface area contributed by atoms with Gasteiger partial charge < -0.3 is 15.4 Å². The van der Waals surface area contributed by atoms with Crippen molar-refractivity contribution in [1.82, 2.24) is 9.80 Å². The van der Waals surface area contributed by atoms with Gasteiger partial charge in [0.05, 0.1) is 13.2 Å². The Labute approximate surface area is 111 Å². The van der Waals surface area contributed by atoms with Crippen LogP contribution in [-0.4, -0.2) is 68.8 Å². The number of hydrogen-bond acceptors (Lipinski definition) is 4. The molecule has 1 aliphatic heterocycles. The summed E-state index contributed by atoms with van der Waals surface area (Å²) in [6.07, 6.45) is 0. The Morgan fingerprint density at radius 1 is 1.25 bits per heavy atom. The quantitative estimate of drug-likeness (QED) is 0.739. The van der Waals surface area contributed by atoms with E-state index < -0.39 is 0 Å². The summed E-state index contributed by atoms with van der Waals surface area (Å²) in [6.45, 7) is 8.92. The molecule has 1 heterocycles. The molecule has 0 amide bonds. The van der Waals surface area contributed by atoms with Gasteiger partial charge in [-0.25, -0.2) is 0 Å². The zero-order valence-corrected chi connectivity index (χ0v) is 11.9. The van der Waals surface area contributed by atoms with Crippen LogP contribution in [0.15, 0.2) is 0 Å². The van der Waals surface area contributed by atoms with Crippen molar-refractivity contribution in [1.29, 1.82) is 0 Å². The Morgan fingerprint density at radius 2 is 1.94 bits per heavy atom. The van der Waals surface area contributed by atoms with Crippen molar-refractivity contribution in [2.75, 3.05) is 53.0 Å². The Bertz CT molecular complexity index is 163. The van der Waals surface area contributed by atoms with E-state index >= 15 is 0 Å². The summed E-state index contributed by atoms with van der Waals surface area (Å²) in [7, 11) is 2.18. The molecule has 0 spiro atoms. The maximum atomic E-state index is 5.38. The smallest absolute Gasteiger partial charge is 0.0594 e. The number of hydrogen-bond donors (Lipinski definition) is 1. The van der Waals surface area contributed by atoms with Gasteiger partial charge in [-0.2, -0.15) is 0 Å². The summed E-state index contributed by atoms with van der Waals surface area (Å²) in [4.78, 5) is 4.86. The molecule has 1 fully saturated rings. The lowest BCUT2D eigenvalue weighted by atomic mass is 10.2. The lowest BCUT2D eigenvalue weighted by Crippen LogP contribution is -2.51. The molecular formula is C10H25Cl2N3O. The van der Waals surface area contributed by atoms with Crippen molar-refractivity contribution in [3.8, 4) is 0 Å². The van der Waals surface area contributed by atoms with Crippen molar-refractivity contribution in [2.24, 2.45) is 5.73 Å². The van der Waals surface area contributed by atoms with E-state index in [0.29, 0.717) is 19.2 Å². The van der Waals surface area contributed by atoms with Gasteiger partial charge in [-0.05, 0) is 14.0 Å². The van der Waals surface area contributed by atoms with Crippen LogP contribution in [0.2, 0.25) is 0 Å². The molecule has 1 aliphatic rings. The normalized spacial score (nSPS) is 22.3. The van der Waals surface area contributed by atoms with Crippen molar-refractivity contribution in [3.63, 3.8) is 0 Å². The average Bonchev–Trinajstić information content (AvgIpc) is 2.15. The van der Waals surface area contributed by atoms with Crippen LogP contribution in [0.1, 0.15) is 6.92 Å². The number of ether oxygens (including phenoxy) is 1. The van der Waals surface area contributed by atoms with Crippen LogP contribution in [0.3, 0.4) is 0 Å². The molecule has 6 heteroatoms. The van der Waals surface area contributed by atoms with Crippen molar-refractivity contribution in [3.05, 3.63) is 0 Å². The third-order valence-corrected chi connectivity index (χ3v) is 2.75. The topological polar surface area (TPSA) is 41.7 Å². The zero-order chi connectivity index (χ0) is 10.4. The minimum atomic E-state index is 0. The largest absolute Gasteiger partial charge is 0.379 e. The first-order valence-electron chi connectivity index (χ1n) is 5.44. The van der Waals surface area contributed by atoms with Crippen LogP contribution in [0, 0.1) is 0 Å². The van der Waals surface area contributed by atoms with Gasteiger partial charge in [-0.3, -0.25) is 4.90 Å². The molecule has 0 aromatic carbocycles. The Morgan fingerprint density at radius 3 is 2.50 bits per heavy atom. The summed E-state index contributed by atoms with van der Waals surface area (Å²) in [6, 6.07) is 0.648. The van der Waals surface area contributed by atoms with Gasteiger partial charge in [0.1, 0.15) is 0 Å². The first-order valence-corrected chi connectivity index (χ1v) is 5.44. The fourth-order valence-corrected chi connectivity index (χ4v) is 1.88. The lowest BCUT2D eigenvalue weighted by Gasteiger charge is -2.38. The predicted octanol–water partition coefficient (Wildman–Crippen LogP) is 0.441. The Hall–Kier alpha value is 0.420. The fourth-order valence-electron chi connectivity index (χ4n) is 1.88. The maximum Gasteiger partial charge on any atom is 0.0594 e. The molecule has 0 bridgehead atoms. The van der Waals surface area contributed by atoms with Gasteiger partial charge in [0.15, 0.2) is 0 Å². The second kappa shape index (κ2) is 10.6. The summed E-state index contributed by atoms with van der Waals surface area (Å²) in [5, 5.41) is 0. The van der Waals surface area contributed by atoms with Gasteiger partial charge >= 0.3 is 0 Å². The number of piperazine rings is 1. The first kappa shape index (κ1) is 18.8. The van der Waals surface area contributed by atoms with Gasteiger partial charge in [-0.15, -0.1) is 24.8 Å². The number of rotatable bonds is 5. The Balaban J connectivity index is 0. The van der Waals surface area contributed by atoms with Gasteiger partial charge in [0, 0.05) is 38.8 Å². The highest BCUT2D eigenvalue weighted by molar-refractivity contribution is 5.85. The van der Waals surface area contributed by atoms with Gasteiger partial charge in [0.2, 0.25) is 0 Å². The van der Waals surface area contributed by atoms with E-state index in [9.17, 15) is 0 Å². The van der Waals surface area contributed by atoms with Crippen LogP contribution < -0.4 is 5.73 Å².